The molecule has 1 heterocycles. The van der Waals surface area contributed by atoms with E-state index >= 15 is 0 Å². The third-order valence-electron chi connectivity index (χ3n) is 3.95. The summed E-state index contributed by atoms with van der Waals surface area (Å²) in [5.41, 5.74) is 7.26. The summed E-state index contributed by atoms with van der Waals surface area (Å²) in [6, 6.07) is 11.2. The second-order valence-corrected chi connectivity index (χ2v) is 5.62. The highest BCUT2D eigenvalue weighted by Crippen LogP contribution is 2.31. The van der Waals surface area contributed by atoms with Gasteiger partial charge in [0.25, 0.3) is 0 Å². The van der Waals surface area contributed by atoms with Crippen molar-refractivity contribution in [3.8, 4) is 5.75 Å². The van der Waals surface area contributed by atoms with Crippen LogP contribution in [0.25, 0.3) is 0 Å². The molecule has 1 aliphatic rings. The third kappa shape index (κ3) is 5.04. The predicted octanol–water partition coefficient (Wildman–Crippen LogP) is 3.55. The lowest BCUT2D eigenvalue weighted by Crippen LogP contribution is -2.37. The SMILES string of the molecule is I.NC(=NCCc1cc(F)ccc1F)NC1CCOc2ccccc21. The first-order valence-electron chi connectivity index (χ1n) is 7.85. The average Bonchev–Trinajstić information content (AvgIpc) is 2.58. The molecular formula is C18H20F2IN3O. The molecule has 2 aromatic rings. The molecule has 134 valence electrons. The van der Waals surface area contributed by atoms with Gasteiger partial charge in [-0.15, -0.1) is 24.0 Å². The fourth-order valence-corrected chi connectivity index (χ4v) is 2.75. The van der Waals surface area contributed by atoms with Crippen LogP contribution in [0.15, 0.2) is 47.5 Å². The van der Waals surface area contributed by atoms with Crippen molar-refractivity contribution in [1.29, 1.82) is 0 Å². The Morgan fingerprint density at radius 2 is 2.04 bits per heavy atom. The minimum Gasteiger partial charge on any atom is -0.493 e. The first-order valence-corrected chi connectivity index (χ1v) is 7.85. The average molecular weight is 459 g/mol. The first-order chi connectivity index (χ1) is 11.6. The largest absolute Gasteiger partial charge is 0.493 e. The molecule has 1 unspecified atom stereocenters. The number of nitrogens with two attached hydrogens (primary N) is 1. The second kappa shape index (κ2) is 8.98. The van der Waals surface area contributed by atoms with E-state index in [4.69, 9.17) is 10.5 Å². The van der Waals surface area contributed by atoms with Gasteiger partial charge in [-0.25, -0.2) is 8.78 Å². The molecule has 1 atom stereocenters. The van der Waals surface area contributed by atoms with Gasteiger partial charge in [-0.05, 0) is 36.2 Å². The van der Waals surface area contributed by atoms with Gasteiger partial charge in [0.15, 0.2) is 5.96 Å². The zero-order chi connectivity index (χ0) is 16.9. The van der Waals surface area contributed by atoms with Crippen molar-refractivity contribution in [3.63, 3.8) is 0 Å². The smallest absolute Gasteiger partial charge is 0.189 e. The number of hydrogen-bond donors (Lipinski definition) is 2. The molecule has 25 heavy (non-hydrogen) atoms. The van der Waals surface area contributed by atoms with Crippen molar-refractivity contribution < 1.29 is 13.5 Å². The Hall–Kier alpha value is -1.90. The highest BCUT2D eigenvalue weighted by molar-refractivity contribution is 14.0. The molecular weight excluding hydrogens is 439 g/mol. The maximum atomic E-state index is 13.6. The van der Waals surface area contributed by atoms with Crippen molar-refractivity contribution >= 4 is 29.9 Å². The van der Waals surface area contributed by atoms with Gasteiger partial charge in [-0.1, -0.05) is 18.2 Å². The number of nitrogens with one attached hydrogen (secondary N) is 1. The third-order valence-corrected chi connectivity index (χ3v) is 3.95. The Morgan fingerprint density at radius 3 is 2.88 bits per heavy atom. The van der Waals surface area contributed by atoms with Crippen molar-refractivity contribution in [2.45, 2.75) is 18.9 Å². The second-order valence-electron chi connectivity index (χ2n) is 5.62. The van der Waals surface area contributed by atoms with Crippen LogP contribution in [0.2, 0.25) is 0 Å². The summed E-state index contributed by atoms with van der Waals surface area (Å²) in [6.07, 6.45) is 1.07. The van der Waals surface area contributed by atoms with Crippen LogP contribution in [0.4, 0.5) is 8.78 Å². The Kier molecular flexibility index (Phi) is 6.98. The number of benzene rings is 2. The molecule has 7 heteroatoms. The fraction of sp³-hybridized carbons (Fsp3) is 0.278. The number of fused-ring (bicyclic) bond motifs is 1. The van der Waals surface area contributed by atoms with Gasteiger partial charge in [-0.2, -0.15) is 0 Å². The highest BCUT2D eigenvalue weighted by Gasteiger charge is 2.21. The zero-order valence-electron chi connectivity index (χ0n) is 13.5. The molecule has 3 N–H and O–H groups in total. The summed E-state index contributed by atoms with van der Waals surface area (Å²) in [7, 11) is 0. The van der Waals surface area contributed by atoms with E-state index in [1.807, 2.05) is 24.3 Å². The monoisotopic (exact) mass is 459 g/mol. The molecule has 0 amide bonds. The van der Waals surface area contributed by atoms with Gasteiger partial charge in [0.1, 0.15) is 17.4 Å². The molecule has 0 fully saturated rings. The van der Waals surface area contributed by atoms with Crippen molar-refractivity contribution in [1.82, 2.24) is 5.32 Å². The highest BCUT2D eigenvalue weighted by atomic mass is 127. The first kappa shape index (κ1) is 19.4. The number of hydrogen-bond acceptors (Lipinski definition) is 2. The number of ether oxygens (including phenoxy) is 1. The lowest BCUT2D eigenvalue weighted by molar-refractivity contribution is 0.262. The van der Waals surface area contributed by atoms with E-state index in [2.05, 4.69) is 10.3 Å². The molecule has 0 bridgehead atoms. The normalized spacial score (nSPS) is 16.4. The molecule has 0 aromatic heterocycles. The number of para-hydroxylation sites is 1. The van der Waals surface area contributed by atoms with E-state index in [-0.39, 0.29) is 48.9 Å². The number of guanidine groups is 1. The summed E-state index contributed by atoms with van der Waals surface area (Å²) in [4.78, 5) is 4.21. The Morgan fingerprint density at radius 1 is 1.24 bits per heavy atom. The minimum absolute atomic E-state index is 0. The van der Waals surface area contributed by atoms with Crippen LogP contribution in [-0.2, 0) is 6.42 Å². The Labute approximate surface area is 162 Å². The van der Waals surface area contributed by atoms with E-state index in [1.54, 1.807) is 0 Å². The molecule has 0 saturated heterocycles. The van der Waals surface area contributed by atoms with Crippen LogP contribution in [0, 0.1) is 11.6 Å². The lowest BCUT2D eigenvalue weighted by atomic mass is 10.0. The zero-order valence-corrected chi connectivity index (χ0v) is 15.9. The van der Waals surface area contributed by atoms with E-state index in [1.165, 1.54) is 6.07 Å². The standard InChI is InChI=1S/C18H19F2N3O.HI/c19-13-5-6-15(20)12(11-13)7-9-22-18(21)23-16-8-10-24-17-4-2-1-3-14(16)17;/h1-6,11,16H,7-10H2,(H3,21,22,23);1H. The van der Waals surface area contributed by atoms with Crippen molar-refractivity contribution in [2.75, 3.05) is 13.2 Å². The minimum atomic E-state index is -0.458. The van der Waals surface area contributed by atoms with Crippen LogP contribution in [0.5, 0.6) is 5.75 Å². The lowest BCUT2D eigenvalue weighted by Gasteiger charge is -2.26. The van der Waals surface area contributed by atoms with Gasteiger partial charge in [-0.3, -0.25) is 4.99 Å². The molecule has 0 radical (unpaired) electrons. The molecule has 3 rings (SSSR count). The Balaban J connectivity index is 0.00000225. The van der Waals surface area contributed by atoms with Crippen molar-refractivity contribution in [3.05, 3.63) is 65.2 Å². The van der Waals surface area contributed by atoms with Crippen LogP contribution in [0.1, 0.15) is 23.6 Å². The summed E-state index contributed by atoms with van der Waals surface area (Å²) in [6.45, 7) is 0.889. The van der Waals surface area contributed by atoms with E-state index in [0.717, 1.165) is 29.9 Å². The molecule has 4 nitrogen and oxygen atoms in total. The molecule has 1 aliphatic heterocycles. The summed E-state index contributed by atoms with van der Waals surface area (Å²) in [5, 5.41) is 3.17. The topological polar surface area (TPSA) is 59.6 Å². The van der Waals surface area contributed by atoms with Gasteiger partial charge in [0, 0.05) is 18.5 Å². The number of nitrogens with zero attached hydrogens (tertiary/aromatic N) is 1. The van der Waals surface area contributed by atoms with Gasteiger partial charge in [0.2, 0.25) is 0 Å². The summed E-state index contributed by atoms with van der Waals surface area (Å²) >= 11 is 0. The van der Waals surface area contributed by atoms with Gasteiger partial charge in [0.05, 0.1) is 12.6 Å². The molecule has 0 saturated carbocycles. The summed E-state index contributed by atoms with van der Waals surface area (Å²) in [5.74, 6) is 0.237. The van der Waals surface area contributed by atoms with Crippen LogP contribution in [0.3, 0.4) is 0 Å². The van der Waals surface area contributed by atoms with Crippen LogP contribution in [-0.4, -0.2) is 19.1 Å². The van der Waals surface area contributed by atoms with Crippen molar-refractivity contribution in [2.24, 2.45) is 10.7 Å². The molecule has 0 aliphatic carbocycles. The molecule has 2 aromatic carbocycles. The van der Waals surface area contributed by atoms with E-state index < -0.39 is 11.6 Å². The van der Waals surface area contributed by atoms with Gasteiger partial charge < -0.3 is 15.8 Å². The quantitative estimate of drug-likeness (QED) is 0.418. The van der Waals surface area contributed by atoms with Gasteiger partial charge >= 0.3 is 0 Å². The van der Waals surface area contributed by atoms with E-state index in [0.29, 0.717) is 12.2 Å². The Bertz CT molecular complexity index is 755. The predicted molar refractivity (Wildman–Crippen MR) is 104 cm³/mol. The summed E-state index contributed by atoms with van der Waals surface area (Å²) < 4.78 is 32.3. The number of aliphatic imine (C=N–C) groups is 1. The maximum absolute atomic E-state index is 13.6. The number of halogens is 3. The van der Waals surface area contributed by atoms with E-state index in [9.17, 15) is 8.78 Å². The number of rotatable bonds is 4. The van der Waals surface area contributed by atoms with Crippen LogP contribution < -0.4 is 15.8 Å². The fourth-order valence-electron chi connectivity index (χ4n) is 2.75. The maximum Gasteiger partial charge on any atom is 0.189 e. The van der Waals surface area contributed by atoms with Crippen LogP contribution >= 0.6 is 24.0 Å². The molecule has 0 spiro atoms.